The van der Waals surface area contributed by atoms with Gasteiger partial charge in [0.1, 0.15) is 30.2 Å². The van der Waals surface area contributed by atoms with Gasteiger partial charge < -0.3 is 54.6 Å². The molecule has 6 atom stereocenters. The Morgan fingerprint density at radius 2 is 1.28 bits per heavy atom. The summed E-state index contributed by atoms with van der Waals surface area (Å²) in [7, 11) is 0. The Hall–Kier alpha value is -3.99. The zero-order valence-electron chi connectivity index (χ0n) is 27.9. The first-order valence-electron chi connectivity index (χ1n) is 15.6. The highest BCUT2D eigenvalue weighted by Gasteiger charge is 2.32. The van der Waals surface area contributed by atoms with Crippen LogP contribution in [0.4, 0.5) is 0 Å². The van der Waals surface area contributed by atoms with Crippen molar-refractivity contribution in [3.8, 4) is 0 Å². The second kappa shape index (κ2) is 21.7. The third-order valence-electron chi connectivity index (χ3n) is 7.05. The van der Waals surface area contributed by atoms with Crippen LogP contribution in [0.1, 0.15) is 73.6 Å². The zero-order chi connectivity index (χ0) is 35.6. The first kappa shape index (κ1) is 42.0. The zero-order valence-corrected chi connectivity index (χ0v) is 27.9. The maximum absolute atomic E-state index is 13.2. The number of amides is 6. The van der Waals surface area contributed by atoms with Crippen LogP contribution in [0.2, 0.25) is 0 Å². The number of primary amides is 1. The number of aliphatic imine (C=N–C) groups is 1. The molecular formula is C29H56N10O7. The molecule has 0 radical (unpaired) electrons. The van der Waals surface area contributed by atoms with Crippen molar-refractivity contribution in [2.45, 2.75) is 104 Å². The fourth-order valence-corrected chi connectivity index (χ4v) is 4.31. The fraction of sp³-hybridized carbons (Fsp3) is 0.759. The molecule has 0 aromatic heterocycles. The molecule has 6 amide bonds. The Morgan fingerprint density at radius 3 is 1.78 bits per heavy atom. The Morgan fingerprint density at radius 1 is 0.739 bits per heavy atom. The Bertz CT molecular complexity index is 1050. The van der Waals surface area contributed by atoms with Crippen molar-refractivity contribution in [2.75, 3.05) is 19.7 Å². The highest BCUT2D eigenvalue weighted by molar-refractivity contribution is 5.95. The molecular weight excluding hydrogens is 600 g/mol. The van der Waals surface area contributed by atoms with E-state index >= 15 is 0 Å². The molecule has 0 unspecified atom stereocenters. The highest BCUT2D eigenvalue weighted by atomic mass is 16.3. The number of nitrogens with two attached hydrogens (primary N) is 4. The van der Waals surface area contributed by atoms with Crippen LogP contribution in [-0.4, -0.2) is 96.4 Å². The second-order valence-electron chi connectivity index (χ2n) is 12.2. The predicted molar refractivity (Wildman–Crippen MR) is 173 cm³/mol. The number of carbonyl (C=O) groups is 6. The number of hydrogen-bond acceptors (Lipinski definition) is 9. The van der Waals surface area contributed by atoms with Gasteiger partial charge in [0.25, 0.3) is 0 Å². The maximum Gasteiger partial charge on any atom is 0.243 e. The van der Waals surface area contributed by atoms with Crippen molar-refractivity contribution >= 4 is 41.4 Å². The van der Waals surface area contributed by atoms with Gasteiger partial charge in [0, 0.05) is 6.54 Å². The summed E-state index contributed by atoms with van der Waals surface area (Å²) < 4.78 is 0. The molecule has 0 aliphatic rings. The summed E-state index contributed by atoms with van der Waals surface area (Å²) in [6.45, 7) is 10.0. The van der Waals surface area contributed by atoms with Crippen LogP contribution in [0.5, 0.6) is 0 Å². The van der Waals surface area contributed by atoms with Crippen LogP contribution in [0, 0.1) is 17.8 Å². The minimum absolute atomic E-state index is 0.00536. The molecule has 0 saturated heterocycles. The van der Waals surface area contributed by atoms with E-state index in [9.17, 15) is 33.9 Å². The summed E-state index contributed by atoms with van der Waals surface area (Å²) in [5.41, 5.74) is 21.7. The van der Waals surface area contributed by atoms with Gasteiger partial charge in [-0.1, -0.05) is 48.0 Å². The molecule has 0 spiro atoms. The van der Waals surface area contributed by atoms with Gasteiger partial charge in [0.2, 0.25) is 35.4 Å². The summed E-state index contributed by atoms with van der Waals surface area (Å²) in [6, 6.07) is -5.35. The maximum atomic E-state index is 13.2. The number of nitrogens with zero attached hydrogens (tertiary/aromatic N) is 1. The lowest BCUT2D eigenvalue weighted by atomic mass is 9.96. The second-order valence-corrected chi connectivity index (χ2v) is 12.2. The first-order chi connectivity index (χ1) is 21.4. The Kier molecular flexibility index (Phi) is 19.8. The van der Waals surface area contributed by atoms with Crippen LogP contribution >= 0.6 is 0 Å². The predicted octanol–water partition coefficient (Wildman–Crippen LogP) is -2.96. The minimum Gasteiger partial charge on any atom is -0.394 e. The van der Waals surface area contributed by atoms with Crippen molar-refractivity contribution in [1.82, 2.24) is 26.6 Å². The third-order valence-corrected chi connectivity index (χ3v) is 7.05. The van der Waals surface area contributed by atoms with Gasteiger partial charge >= 0.3 is 0 Å². The van der Waals surface area contributed by atoms with E-state index in [1.165, 1.54) is 0 Å². The number of guanidine groups is 1. The molecule has 0 aliphatic heterocycles. The molecule has 0 aliphatic carbocycles. The van der Waals surface area contributed by atoms with Crippen LogP contribution in [0.3, 0.4) is 0 Å². The molecule has 46 heavy (non-hydrogen) atoms. The summed E-state index contributed by atoms with van der Waals surface area (Å²) in [5.74, 6) is -4.50. The number of hydrogen-bond donors (Lipinski definition) is 10. The van der Waals surface area contributed by atoms with Crippen molar-refractivity contribution in [2.24, 2.45) is 45.7 Å². The van der Waals surface area contributed by atoms with Gasteiger partial charge in [0.15, 0.2) is 5.96 Å². The standard InChI is InChI=1S/C29H56N10O7/c1-7-17(6)23(39-27(45)21(12-16(4)5)38-25(43)18(30)14-40)28(46)35-13-22(41)36-19(9-8-10-34-29(32)33)26(44)37-20(24(31)42)11-15(2)3/h15-21,23,40H,7-14,30H2,1-6H3,(H2,31,42)(H,35,46)(H,36,41)(H,37,44)(H,38,43)(H,39,45)(H4,32,33,34)/t17-,18+,19+,20+,21-,23+/m1/s1. The number of rotatable bonds is 22. The molecule has 14 N–H and O–H groups in total. The lowest BCUT2D eigenvalue weighted by molar-refractivity contribution is -0.134. The summed E-state index contributed by atoms with van der Waals surface area (Å²) in [6.07, 6.45) is 1.46. The van der Waals surface area contributed by atoms with Crippen molar-refractivity contribution in [1.29, 1.82) is 0 Å². The van der Waals surface area contributed by atoms with Gasteiger partial charge in [-0.05, 0) is 43.4 Å². The molecule has 17 heteroatoms. The SMILES string of the molecule is CC[C@@H](C)[C@H](NC(=O)[C@@H](CC(C)C)NC(=O)[C@@H](N)CO)C(=O)NCC(=O)N[C@@H](CCCN=C(N)N)C(=O)N[C@@H](CC(C)C)C(N)=O. The molecule has 0 heterocycles. The largest absolute Gasteiger partial charge is 0.394 e. The number of carbonyl (C=O) groups excluding carboxylic acids is 6. The van der Waals surface area contributed by atoms with Gasteiger partial charge in [-0.3, -0.25) is 33.8 Å². The lowest BCUT2D eigenvalue weighted by Gasteiger charge is -2.27. The smallest absolute Gasteiger partial charge is 0.243 e. The molecule has 0 fully saturated rings. The van der Waals surface area contributed by atoms with Crippen LogP contribution < -0.4 is 49.5 Å². The number of aliphatic hydroxyl groups is 1. The quantitative estimate of drug-likeness (QED) is 0.0321. The van der Waals surface area contributed by atoms with Crippen molar-refractivity contribution in [3.63, 3.8) is 0 Å². The monoisotopic (exact) mass is 656 g/mol. The van der Waals surface area contributed by atoms with E-state index in [2.05, 4.69) is 31.6 Å². The van der Waals surface area contributed by atoms with Gasteiger partial charge in [-0.2, -0.15) is 0 Å². The van der Waals surface area contributed by atoms with E-state index in [4.69, 9.17) is 22.9 Å². The molecule has 0 aromatic rings. The molecule has 264 valence electrons. The van der Waals surface area contributed by atoms with Gasteiger partial charge in [0.05, 0.1) is 13.2 Å². The van der Waals surface area contributed by atoms with Gasteiger partial charge in [-0.25, -0.2) is 0 Å². The van der Waals surface area contributed by atoms with Crippen LogP contribution in [-0.2, 0) is 28.8 Å². The van der Waals surface area contributed by atoms with Gasteiger partial charge in [-0.15, -0.1) is 0 Å². The van der Waals surface area contributed by atoms with E-state index < -0.39 is 78.8 Å². The van der Waals surface area contributed by atoms with Crippen LogP contribution in [0.15, 0.2) is 4.99 Å². The average Bonchev–Trinajstić information content (AvgIpc) is 2.97. The average molecular weight is 657 g/mol. The molecule has 0 saturated carbocycles. The van der Waals surface area contributed by atoms with E-state index in [1.54, 1.807) is 6.92 Å². The van der Waals surface area contributed by atoms with E-state index in [1.807, 2.05) is 34.6 Å². The summed E-state index contributed by atoms with van der Waals surface area (Å²) in [4.78, 5) is 80.4. The lowest BCUT2D eigenvalue weighted by Crippen LogP contribution is -2.58. The van der Waals surface area contributed by atoms with E-state index in [0.29, 0.717) is 19.3 Å². The first-order valence-corrected chi connectivity index (χ1v) is 15.6. The Labute approximate surface area is 271 Å². The van der Waals surface area contributed by atoms with Crippen LogP contribution in [0.25, 0.3) is 0 Å². The topological polar surface area (TPSA) is 299 Å². The minimum atomic E-state index is -1.22. The molecule has 0 aromatic carbocycles. The summed E-state index contributed by atoms with van der Waals surface area (Å²) in [5, 5.41) is 22.0. The molecule has 0 rings (SSSR count). The Balaban J connectivity index is 5.66. The van der Waals surface area contributed by atoms with Crippen molar-refractivity contribution < 1.29 is 33.9 Å². The van der Waals surface area contributed by atoms with E-state index in [-0.39, 0.29) is 43.1 Å². The number of aliphatic hydroxyl groups excluding tert-OH is 1. The third kappa shape index (κ3) is 16.9. The van der Waals surface area contributed by atoms with E-state index in [0.717, 1.165) is 0 Å². The molecule has 17 nitrogen and oxygen atoms in total. The summed E-state index contributed by atoms with van der Waals surface area (Å²) >= 11 is 0. The number of nitrogens with one attached hydrogen (secondary N) is 5. The molecule has 0 bridgehead atoms. The highest BCUT2D eigenvalue weighted by Crippen LogP contribution is 2.11. The fourth-order valence-electron chi connectivity index (χ4n) is 4.31. The van der Waals surface area contributed by atoms with Crippen molar-refractivity contribution in [3.05, 3.63) is 0 Å². The normalized spacial score (nSPS) is 15.0.